The number of aromatic hydroxyl groups is 1. The molecule has 0 fully saturated rings. The fourth-order valence-electron chi connectivity index (χ4n) is 2.73. The molecule has 0 aliphatic rings. The third kappa shape index (κ3) is 3.46. The molecule has 0 radical (unpaired) electrons. The third-order valence-corrected chi connectivity index (χ3v) is 5.12. The molecule has 2 heterocycles. The van der Waals surface area contributed by atoms with Crippen LogP contribution >= 0.6 is 11.3 Å². The van der Waals surface area contributed by atoms with Gasteiger partial charge in [0.05, 0.1) is 5.39 Å². The molecule has 0 spiro atoms. The van der Waals surface area contributed by atoms with Crippen LogP contribution in [0.25, 0.3) is 20.7 Å². The second-order valence-corrected chi connectivity index (χ2v) is 6.79. The molecule has 4 rings (SSSR count). The number of thiophene rings is 1. The first-order chi connectivity index (χ1) is 12.3. The van der Waals surface area contributed by atoms with Crippen molar-refractivity contribution in [2.75, 3.05) is 11.9 Å². The first kappa shape index (κ1) is 15.6. The van der Waals surface area contributed by atoms with Gasteiger partial charge in [-0.3, -0.25) is 0 Å². The number of nitrogens with zero attached hydrogens (tertiary/aromatic N) is 2. The van der Waals surface area contributed by atoms with Gasteiger partial charge in [-0.2, -0.15) is 0 Å². The lowest BCUT2D eigenvalue weighted by Gasteiger charge is -2.06. The van der Waals surface area contributed by atoms with E-state index in [0.717, 1.165) is 29.0 Å². The molecule has 4 aromatic rings. The SMILES string of the molecule is Oc1ccc(CCNc2ncnc3sc(-c4ccccc4)cc23)cc1. The molecule has 5 heteroatoms. The Morgan fingerprint density at radius 1 is 0.960 bits per heavy atom. The number of anilines is 1. The Morgan fingerprint density at radius 2 is 1.76 bits per heavy atom. The van der Waals surface area contributed by atoms with E-state index in [9.17, 15) is 5.11 Å². The predicted octanol–water partition coefficient (Wildman–Crippen LogP) is 4.72. The minimum Gasteiger partial charge on any atom is -0.508 e. The van der Waals surface area contributed by atoms with Crippen LogP contribution in [0.15, 0.2) is 67.0 Å². The van der Waals surface area contributed by atoms with Crippen LogP contribution in [0.3, 0.4) is 0 Å². The van der Waals surface area contributed by atoms with Gasteiger partial charge in [-0.25, -0.2) is 9.97 Å². The summed E-state index contributed by atoms with van der Waals surface area (Å²) in [5, 5.41) is 13.8. The van der Waals surface area contributed by atoms with Crippen molar-refractivity contribution in [1.29, 1.82) is 0 Å². The number of phenolic OH excluding ortho intramolecular Hbond substituents is 1. The fraction of sp³-hybridized carbons (Fsp3) is 0.100. The molecule has 2 N–H and O–H groups in total. The van der Waals surface area contributed by atoms with Gasteiger partial charge in [0.25, 0.3) is 0 Å². The second-order valence-electron chi connectivity index (χ2n) is 5.76. The van der Waals surface area contributed by atoms with E-state index in [4.69, 9.17) is 0 Å². The van der Waals surface area contributed by atoms with Crippen molar-refractivity contribution in [3.63, 3.8) is 0 Å². The molecule has 4 nitrogen and oxygen atoms in total. The van der Waals surface area contributed by atoms with Crippen molar-refractivity contribution in [1.82, 2.24) is 9.97 Å². The van der Waals surface area contributed by atoms with Gasteiger partial charge in [0.1, 0.15) is 22.7 Å². The normalized spacial score (nSPS) is 10.9. The van der Waals surface area contributed by atoms with Gasteiger partial charge in [0, 0.05) is 11.4 Å². The van der Waals surface area contributed by atoms with E-state index in [-0.39, 0.29) is 0 Å². The maximum Gasteiger partial charge on any atom is 0.138 e. The summed E-state index contributed by atoms with van der Waals surface area (Å²) in [6.07, 6.45) is 2.47. The molecular formula is C20H17N3OS. The van der Waals surface area contributed by atoms with Crippen molar-refractivity contribution in [2.24, 2.45) is 0 Å². The highest BCUT2D eigenvalue weighted by molar-refractivity contribution is 7.21. The van der Waals surface area contributed by atoms with Crippen molar-refractivity contribution >= 4 is 27.4 Å². The van der Waals surface area contributed by atoms with Gasteiger partial charge in [0.2, 0.25) is 0 Å². The largest absolute Gasteiger partial charge is 0.508 e. The highest BCUT2D eigenvalue weighted by atomic mass is 32.1. The van der Waals surface area contributed by atoms with E-state index in [1.165, 1.54) is 16.0 Å². The number of nitrogens with one attached hydrogen (secondary N) is 1. The maximum atomic E-state index is 9.34. The van der Waals surface area contributed by atoms with Gasteiger partial charge in [0.15, 0.2) is 0 Å². The Labute approximate surface area is 149 Å². The molecule has 0 amide bonds. The van der Waals surface area contributed by atoms with E-state index in [0.29, 0.717) is 5.75 Å². The first-order valence-electron chi connectivity index (χ1n) is 8.11. The number of benzene rings is 2. The van der Waals surface area contributed by atoms with E-state index in [1.54, 1.807) is 29.8 Å². The minimum atomic E-state index is 0.293. The lowest BCUT2D eigenvalue weighted by molar-refractivity contribution is 0.475. The Morgan fingerprint density at radius 3 is 2.56 bits per heavy atom. The topological polar surface area (TPSA) is 58.0 Å². The molecule has 2 aromatic carbocycles. The number of fused-ring (bicyclic) bond motifs is 1. The number of hydrogen-bond acceptors (Lipinski definition) is 5. The molecule has 0 atom stereocenters. The quantitative estimate of drug-likeness (QED) is 0.548. The lowest BCUT2D eigenvalue weighted by atomic mass is 10.1. The zero-order valence-corrected chi connectivity index (χ0v) is 14.3. The standard InChI is InChI=1S/C20H17N3OS/c24-16-8-6-14(7-9-16)10-11-21-19-17-12-18(15-4-2-1-3-5-15)25-20(17)23-13-22-19/h1-9,12-13,24H,10-11H2,(H,21,22,23). The van der Waals surface area contributed by atoms with Crippen LogP contribution in [-0.4, -0.2) is 21.6 Å². The summed E-state index contributed by atoms with van der Waals surface area (Å²) >= 11 is 1.68. The van der Waals surface area contributed by atoms with Crippen LogP contribution in [0, 0.1) is 0 Å². The van der Waals surface area contributed by atoms with Gasteiger partial charge >= 0.3 is 0 Å². The summed E-state index contributed by atoms with van der Waals surface area (Å²) in [5.41, 5.74) is 2.37. The number of rotatable bonds is 5. The molecule has 25 heavy (non-hydrogen) atoms. The molecule has 0 saturated carbocycles. The number of hydrogen-bond donors (Lipinski definition) is 2. The smallest absolute Gasteiger partial charge is 0.138 e. The second kappa shape index (κ2) is 6.91. The summed E-state index contributed by atoms with van der Waals surface area (Å²) in [7, 11) is 0. The van der Waals surface area contributed by atoms with E-state index in [1.807, 2.05) is 30.3 Å². The average molecular weight is 347 g/mol. The number of phenols is 1. The van der Waals surface area contributed by atoms with Gasteiger partial charge in [-0.05, 0) is 35.7 Å². The fourth-order valence-corrected chi connectivity index (χ4v) is 3.73. The molecule has 0 bridgehead atoms. The monoisotopic (exact) mass is 347 g/mol. The highest BCUT2D eigenvalue weighted by Gasteiger charge is 2.09. The molecular weight excluding hydrogens is 330 g/mol. The van der Waals surface area contributed by atoms with Crippen molar-refractivity contribution in [3.05, 3.63) is 72.6 Å². The molecule has 0 unspecified atom stereocenters. The highest BCUT2D eigenvalue weighted by Crippen LogP contribution is 2.34. The third-order valence-electron chi connectivity index (χ3n) is 4.03. The average Bonchev–Trinajstić information content (AvgIpc) is 3.09. The van der Waals surface area contributed by atoms with Gasteiger partial charge < -0.3 is 10.4 Å². The van der Waals surface area contributed by atoms with Crippen LogP contribution in [-0.2, 0) is 6.42 Å². The molecule has 2 aromatic heterocycles. The molecule has 124 valence electrons. The Bertz CT molecular complexity index is 981. The summed E-state index contributed by atoms with van der Waals surface area (Å²) < 4.78 is 0. The number of aromatic nitrogens is 2. The molecule has 0 saturated heterocycles. The summed E-state index contributed by atoms with van der Waals surface area (Å²) in [6.45, 7) is 0.771. The minimum absolute atomic E-state index is 0.293. The van der Waals surface area contributed by atoms with Gasteiger partial charge in [-0.15, -0.1) is 11.3 Å². The Hall–Kier alpha value is -2.92. The zero-order chi connectivity index (χ0) is 17.1. The first-order valence-corrected chi connectivity index (χ1v) is 8.93. The van der Waals surface area contributed by atoms with E-state index < -0.39 is 0 Å². The molecule has 0 aliphatic carbocycles. The predicted molar refractivity (Wildman–Crippen MR) is 103 cm³/mol. The Kier molecular flexibility index (Phi) is 4.31. The van der Waals surface area contributed by atoms with E-state index in [2.05, 4.69) is 33.5 Å². The Balaban J connectivity index is 1.53. The van der Waals surface area contributed by atoms with Crippen LogP contribution in [0.5, 0.6) is 5.75 Å². The summed E-state index contributed by atoms with van der Waals surface area (Å²) in [4.78, 5) is 11.0. The van der Waals surface area contributed by atoms with Crippen LogP contribution < -0.4 is 5.32 Å². The lowest BCUT2D eigenvalue weighted by Crippen LogP contribution is -2.06. The maximum absolute atomic E-state index is 9.34. The zero-order valence-electron chi connectivity index (χ0n) is 13.5. The van der Waals surface area contributed by atoms with Crippen molar-refractivity contribution in [2.45, 2.75) is 6.42 Å². The van der Waals surface area contributed by atoms with Gasteiger partial charge in [-0.1, -0.05) is 42.5 Å². The van der Waals surface area contributed by atoms with Crippen LogP contribution in [0.4, 0.5) is 5.82 Å². The summed E-state index contributed by atoms with van der Waals surface area (Å²) in [5.74, 6) is 1.16. The van der Waals surface area contributed by atoms with Crippen LogP contribution in [0.2, 0.25) is 0 Å². The molecule has 0 aliphatic heterocycles. The van der Waals surface area contributed by atoms with E-state index >= 15 is 0 Å². The van der Waals surface area contributed by atoms with Crippen molar-refractivity contribution in [3.8, 4) is 16.2 Å². The van der Waals surface area contributed by atoms with Crippen molar-refractivity contribution < 1.29 is 5.11 Å². The summed E-state index contributed by atoms with van der Waals surface area (Å²) in [6, 6.07) is 19.8. The van der Waals surface area contributed by atoms with Crippen LogP contribution in [0.1, 0.15) is 5.56 Å².